The number of amides is 1. The van der Waals surface area contributed by atoms with Crippen LogP contribution in [0.1, 0.15) is 21.7 Å². The molecular formula is C19H16ClN3O6S. The molecule has 0 spiro atoms. The van der Waals surface area contributed by atoms with E-state index in [1.54, 1.807) is 19.1 Å². The number of nitrogens with zero attached hydrogens (tertiary/aromatic N) is 1. The summed E-state index contributed by atoms with van der Waals surface area (Å²) in [7, 11) is -4.03. The number of carbonyl (C=O) groups is 1. The highest BCUT2D eigenvalue weighted by atomic mass is 35.5. The second kappa shape index (κ2) is 8.66. The first kappa shape index (κ1) is 21.5. The van der Waals surface area contributed by atoms with Crippen LogP contribution in [0.25, 0.3) is 0 Å². The molecule has 1 heterocycles. The topological polar surface area (TPSA) is 132 Å². The van der Waals surface area contributed by atoms with Gasteiger partial charge in [-0.05, 0) is 43.3 Å². The van der Waals surface area contributed by atoms with E-state index in [4.69, 9.17) is 16.0 Å². The van der Waals surface area contributed by atoms with Crippen molar-refractivity contribution < 1.29 is 22.6 Å². The zero-order valence-corrected chi connectivity index (χ0v) is 17.2. The fraction of sp³-hybridized carbons (Fsp3) is 0.105. The minimum atomic E-state index is -4.03. The summed E-state index contributed by atoms with van der Waals surface area (Å²) in [6, 6.07) is 11.2. The summed E-state index contributed by atoms with van der Waals surface area (Å²) >= 11 is 6.03. The first-order valence-corrected chi connectivity index (χ1v) is 10.4. The highest BCUT2D eigenvalue weighted by Gasteiger charge is 2.21. The molecule has 0 bridgehead atoms. The SMILES string of the molecule is Cc1ccc(NC(=O)c2ccc(Cl)c(S(=O)(=O)NCc3ccco3)c2)cc1[N+](=O)[O-]. The Labute approximate surface area is 176 Å². The third-order valence-electron chi connectivity index (χ3n) is 4.16. The molecule has 0 unspecified atom stereocenters. The third-order valence-corrected chi connectivity index (χ3v) is 6.05. The van der Waals surface area contributed by atoms with Gasteiger partial charge in [-0.1, -0.05) is 17.7 Å². The Kier molecular flexibility index (Phi) is 6.20. The molecule has 0 aliphatic carbocycles. The first-order valence-electron chi connectivity index (χ1n) is 8.55. The number of furan rings is 1. The van der Waals surface area contributed by atoms with E-state index in [0.717, 1.165) is 6.07 Å². The molecule has 0 atom stereocenters. The van der Waals surface area contributed by atoms with Crippen molar-refractivity contribution in [2.45, 2.75) is 18.4 Å². The lowest BCUT2D eigenvalue weighted by molar-refractivity contribution is -0.385. The smallest absolute Gasteiger partial charge is 0.274 e. The molecule has 0 saturated heterocycles. The molecule has 1 amide bonds. The second-order valence-electron chi connectivity index (χ2n) is 6.26. The van der Waals surface area contributed by atoms with E-state index in [9.17, 15) is 23.3 Å². The number of nitro benzene ring substituents is 1. The Bertz CT molecular complexity index is 1210. The maximum Gasteiger partial charge on any atom is 0.274 e. The second-order valence-corrected chi connectivity index (χ2v) is 8.40. The molecule has 0 radical (unpaired) electrons. The van der Waals surface area contributed by atoms with Crippen molar-refractivity contribution >= 4 is 38.9 Å². The number of rotatable bonds is 7. The summed E-state index contributed by atoms with van der Waals surface area (Å²) in [5.74, 6) is -0.239. The van der Waals surface area contributed by atoms with E-state index in [0.29, 0.717) is 11.3 Å². The summed E-state index contributed by atoms with van der Waals surface area (Å²) < 4.78 is 32.6. The van der Waals surface area contributed by atoms with Crippen LogP contribution >= 0.6 is 11.6 Å². The van der Waals surface area contributed by atoms with Gasteiger partial charge in [0.1, 0.15) is 10.7 Å². The van der Waals surface area contributed by atoms with Crippen LogP contribution in [-0.4, -0.2) is 19.2 Å². The quantitative estimate of drug-likeness (QED) is 0.415. The van der Waals surface area contributed by atoms with Gasteiger partial charge >= 0.3 is 0 Å². The van der Waals surface area contributed by atoms with E-state index in [1.807, 2.05) is 0 Å². The van der Waals surface area contributed by atoms with Gasteiger partial charge in [-0.2, -0.15) is 0 Å². The van der Waals surface area contributed by atoms with Crippen LogP contribution in [0.15, 0.2) is 64.1 Å². The lowest BCUT2D eigenvalue weighted by Crippen LogP contribution is -2.24. The van der Waals surface area contributed by atoms with Gasteiger partial charge in [0.15, 0.2) is 0 Å². The van der Waals surface area contributed by atoms with Gasteiger partial charge in [-0.25, -0.2) is 13.1 Å². The van der Waals surface area contributed by atoms with Crippen LogP contribution in [0.5, 0.6) is 0 Å². The standard InChI is InChI=1S/C19H16ClN3O6S/c1-12-4-6-14(10-17(12)23(25)26)22-19(24)13-5-7-16(20)18(9-13)30(27,28)21-11-15-3-2-8-29-15/h2-10,21H,11H2,1H3,(H,22,24). The Morgan fingerprint density at radius 3 is 2.63 bits per heavy atom. The predicted octanol–water partition coefficient (Wildman–Crippen LogP) is 3.88. The van der Waals surface area contributed by atoms with Gasteiger partial charge in [0.25, 0.3) is 11.6 Å². The number of anilines is 1. The molecule has 1 aromatic heterocycles. The number of nitrogens with one attached hydrogen (secondary N) is 2. The summed E-state index contributed by atoms with van der Waals surface area (Å²) in [5, 5.41) is 13.5. The number of sulfonamides is 1. The van der Waals surface area contributed by atoms with Crippen LogP contribution in [-0.2, 0) is 16.6 Å². The lowest BCUT2D eigenvalue weighted by atomic mass is 10.1. The summed E-state index contributed by atoms with van der Waals surface area (Å²) in [4.78, 5) is 22.8. The average molecular weight is 450 g/mol. The van der Waals surface area contributed by atoms with Crippen molar-refractivity contribution in [3.05, 3.63) is 86.8 Å². The summed E-state index contributed by atoms with van der Waals surface area (Å²) in [5.41, 5.74) is 0.517. The van der Waals surface area contributed by atoms with Gasteiger partial charge < -0.3 is 9.73 Å². The van der Waals surface area contributed by atoms with Crippen molar-refractivity contribution in [2.24, 2.45) is 0 Å². The summed E-state index contributed by atoms with van der Waals surface area (Å²) in [6.07, 6.45) is 1.41. The van der Waals surface area contributed by atoms with Gasteiger partial charge in [0.2, 0.25) is 10.0 Å². The third kappa shape index (κ3) is 4.85. The number of nitro groups is 1. The number of carbonyl (C=O) groups excluding carboxylic acids is 1. The van der Waals surface area contributed by atoms with Crippen LogP contribution in [0, 0.1) is 17.0 Å². The highest BCUT2D eigenvalue weighted by molar-refractivity contribution is 7.89. The van der Waals surface area contributed by atoms with Crippen molar-refractivity contribution in [1.82, 2.24) is 4.72 Å². The number of hydrogen-bond acceptors (Lipinski definition) is 6. The van der Waals surface area contributed by atoms with Gasteiger partial charge in [0, 0.05) is 22.9 Å². The predicted molar refractivity (Wildman–Crippen MR) is 110 cm³/mol. The Morgan fingerprint density at radius 2 is 1.97 bits per heavy atom. The molecular weight excluding hydrogens is 434 g/mol. The molecule has 0 fully saturated rings. The molecule has 3 rings (SSSR count). The molecule has 30 heavy (non-hydrogen) atoms. The van der Waals surface area contributed by atoms with Crippen LogP contribution < -0.4 is 10.0 Å². The van der Waals surface area contributed by atoms with Crippen molar-refractivity contribution in [2.75, 3.05) is 5.32 Å². The molecule has 11 heteroatoms. The minimum Gasteiger partial charge on any atom is -0.468 e. The Hall–Kier alpha value is -3.21. The van der Waals surface area contributed by atoms with Crippen molar-refractivity contribution in [3.8, 4) is 0 Å². The largest absolute Gasteiger partial charge is 0.468 e. The van der Waals surface area contributed by atoms with Crippen LogP contribution in [0.3, 0.4) is 0 Å². The Morgan fingerprint density at radius 1 is 1.20 bits per heavy atom. The van der Waals surface area contributed by atoms with E-state index in [1.165, 1.54) is 36.6 Å². The van der Waals surface area contributed by atoms with Crippen LogP contribution in [0.2, 0.25) is 5.02 Å². The molecule has 2 aromatic carbocycles. The zero-order chi connectivity index (χ0) is 21.9. The van der Waals surface area contributed by atoms with Gasteiger partial charge in [-0.3, -0.25) is 14.9 Å². The fourth-order valence-corrected chi connectivity index (χ4v) is 4.11. The first-order chi connectivity index (χ1) is 14.2. The van der Waals surface area contributed by atoms with Crippen molar-refractivity contribution in [1.29, 1.82) is 0 Å². The molecule has 0 aliphatic heterocycles. The van der Waals surface area contributed by atoms with Crippen molar-refractivity contribution in [3.63, 3.8) is 0 Å². The van der Waals surface area contributed by atoms with E-state index in [-0.39, 0.29) is 33.4 Å². The average Bonchev–Trinajstić information content (AvgIpc) is 3.21. The van der Waals surface area contributed by atoms with Gasteiger partial charge in [-0.15, -0.1) is 0 Å². The maximum absolute atomic E-state index is 12.6. The number of hydrogen-bond donors (Lipinski definition) is 2. The number of aryl methyl sites for hydroxylation is 1. The van der Waals surface area contributed by atoms with Crippen LogP contribution in [0.4, 0.5) is 11.4 Å². The maximum atomic E-state index is 12.6. The molecule has 156 valence electrons. The summed E-state index contributed by atoms with van der Waals surface area (Å²) in [6.45, 7) is 1.49. The minimum absolute atomic E-state index is 0.0148. The van der Waals surface area contributed by atoms with E-state index >= 15 is 0 Å². The normalized spacial score (nSPS) is 11.3. The monoisotopic (exact) mass is 449 g/mol. The number of halogens is 1. The van der Waals surface area contributed by atoms with E-state index in [2.05, 4.69) is 10.0 Å². The molecule has 2 N–H and O–H groups in total. The molecule has 3 aromatic rings. The number of benzene rings is 2. The lowest BCUT2D eigenvalue weighted by Gasteiger charge is -2.10. The molecule has 9 nitrogen and oxygen atoms in total. The molecule has 0 saturated carbocycles. The van der Waals surface area contributed by atoms with Gasteiger partial charge in [0.05, 0.1) is 22.8 Å². The highest BCUT2D eigenvalue weighted by Crippen LogP contribution is 2.25. The zero-order valence-electron chi connectivity index (χ0n) is 15.6. The Balaban J connectivity index is 1.83. The van der Waals surface area contributed by atoms with E-state index < -0.39 is 20.9 Å². The fourth-order valence-electron chi connectivity index (χ4n) is 2.59. The molecule has 0 aliphatic rings.